The number of ether oxygens (including phenoxy) is 1. The van der Waals surface area contributed by atoms with Gasteiger partial charge < -0.3 is 14.5 Å². The molecule has 1 unspecified atom stereocenters. The molecule has 9 heteroatoms. The van der Waals surface area contributed by atoms with E-state index in [2.05, 4.69) is 9.97 Å². The van der Waals surface area contributed by atoms with Gasteiger partial charge in [0.2, 0.25) is 11.8 Å². The van der Waals surface area contributed by atoms with Gasteiger partial charge in [-0.15, -0.1) is 0 Å². The van der Waals surface area contributed by atoms with Gasteiger partial charge in [0, 0.05) is 42.6 Å². The summed E-state index contributed by atoms with van der Waals surface area (Å²) in [5.41, 5.74) is 0.783. The summed E-state index contributed by atoms with van der Waals surface area (Å²) in [6.45, 7) is 4.11. The number of carbonyl (C=O) groups excluding carboxylic acids is 2. The molecule has 0 N–H and O–H groups in total. The first kappa shape index (κ1) is 20.4. The predicted molar refractivity (Wildman–Crippen MR) is 113 cm³/mol. The van der Waals surface area contributed by atoms with Crippen molar-refractivity contribution in [2.75, 3.05) is 37.6 Å². The lowest BCUT2D eigenvalue weighted by molar-refractivity contribution is -0.134. The van der Waals surface area contributed by atoms with Crippen molar-refractivity contribution < 1.29 is 14.3 Å². The molecule has 1 atom stereocenters. The highest BCUT2D eigenvalue weighted by molar-refractivity contribution is 6.30. The summed E-state index contributed by atoms with van der Waals surface area (Å²) < 4.78 is 5.95. The standard InChI is InChI=1S/C21H24ClN5O3/c1-15-23-9-8-19(24-15)30-18-3-2-10-25(13-18)20(28)14-26-11-12-27(21(26)29)17-6-4-16(22)5-7-17/h4-9,18H,2-3,10-14H2,1H3. The molecule has 8 nitrogen and oxygen atoms in total. The van der Waals surface area contributed by atoms with E-state index in [1.807, 2.05) is 19.1 Å². The van der Waals surface area contributed by atoms with Gasteiger partial charge >= 0.3 is 6.03 Å². The number of anilines is 1. The average molecular weight is 430 g/mol. The van der Waals surface area contributed by atoms with Crippen LogP contribution in [0.15, 0.2) is 36.5 Å². The maximum atomic E-state index is 12.9. The van der Waals surface area contributed by atoms with E-state index in [1.54, 1.807) is 39.1 Å². The number of nitrogens with zero attached hydrogens (tertiary/aromatic N) is 5. The van der Waals surface area contributed by atoms with Gasteiger partial charge in [-0.05, 0) is 44.0 Å². The van der Waals surface area contributed by atoms with Crippen LogP contribution in [0.1, 0.15) is 18.7 Å². The molecule has 2 aliphatic rings. The molecule has 2 aliphatic heterocycles. The monoisotopic (exact) mass is 429 g/mol. The van der Waals surface area contributed by atoms with Crippen molar-refractivity contribution in [1.82, 2.24) is 19.8 Å². The largest absolute Gasteiger partial charge is 0.472 e. The van der Waals surface area contributed by atoms with Crippen molar-refractivity contribution >= 4 is 29.2 Å². The van der Waals surface area contributed by atoms with Crippen LogP contribution in [-0.2, 0) is 4.79 Å². The van der Waals surface area contributed by atoms with Gasteiger partial charge in [-0.3, -0.25) is 9.69 Å². The summed E-state index contributed by atoms with van der Waals surface area (Å²) >= 11 is 5.93. The second-order valence-corrected chi connectivity index (χ2v) is 7.93. The Labute approximate surface area is 180 Å². The topological polar surface area (TPSA) is 78.9 Å². The summed E-state index contributed by atoms with van der Waals surface area (Å²) in [6, 6.07) is 8.70. The number of hydrogen-bond donors (Lipinski definition) is 0. The number of urea groups is 1. The Bertz CT molecular complexity index is 923. The summed E-state index contributed by atoms with van der Waals surface area (Å²) in [7, 11) is 0. The third-order valence-corrected chi connectivity index (χ3v) is 5.58. The minimum Gasteiger partial charge on any atom is -0.472 e. The van der Waals surface area contributed by atoms with Crippen molar-refractivity contribution in [3.05, 3.63) is 47.4 Å². The minimum atomic E-state index is -0.160. The summed E-state index contributed by atoms with van der Waals surface area (Å²) in [5.74, 6) is 1.11. The molecule has 3 amide bonds. The number of aryl methyl sites for hydroxylation is 1. The third kappa shape index (κ3) is 4.64. The molecule has 2 saturated heterocycles. The quantitative estimate of drug-likeness (QED) is 0.730. The second kappa shape index (κ2) is 8.87. The Balaban J connectivity index is 1.33. The summed E-state index contributed by atoms with van der Waals surface area (Å²) in [4.78, 5) is 39.0. The highest BCUT2D eigenvalue weighted by atomic mass is 35.5. The maximum absolute atomic E-state index is 12.9. The number of aromatic nitrogens is 2. The van der Waals surface area contributed by atoms with E-state index in [1.165, 1.54) is 0 Å². The van der Waals surface area contributed by atoms with Crippen LogP contribution in [0.25, 0.3) is 0 Å². The molecule has 0 aliphatic carbocycles. The zero-order chi connectivity index (χ0) is 21.1. The highest BCUT2D eigenvalue weighted by Crippen LogP contribution is 2.23. The van der Waals surface area contributed by atoms with Crippen molar-refractivity contribution in [1.29, 1.82) is 0 Å². The first-order chi connectivity index (χ1) is 14.5. The lowest BCUT2D eigenvalue weighted by atomic mass is 10.1. The van der Waals surface area contributed by atoms with Crippen LogP contribution in [0, 0.1) is 6.92 Å². The van der Waals surface area contributed by atoms with Gasteiger partial charge in [-0.2, -0.15) is 4.98 Å². The van der Waals surface area contributed by atoms with E-state index in [0.717, 1.165) is 18.5 Å². The molecule has 0 radical (unpaired) electrons. The van der Waals surface area contributed by atoms with Gasteiger partial charge in [-0.1, -0.05) is 11.6 Å². The predicted octanol–water partition coefficient (Wildman–Crippen LogP) is 2.75. The lowest BCUT2D eigenvalue weighted by Gasteiger charge is -2.33. The maximum Gasteiger partial charge on any atom is 0.325 e. The van der Waals surface area contributed by atoms with E-state index >= 15 is 0 Å². The van der Waals surface area contributed by atoms with Crippen molar-refractivity contribution in [3.63, 3.8) is 0 Å². The molecule has 0 spiro atoms. The van der Waals surface area contributed by atoms with Crippen molar-refractivity contribution in [2.24, 2.45) is 0 Å². The van der Waals surface area contributed by atoms with Crippen LogP contribution < -0.4 is 9.64 Å². The van der Waals surface area contributed by atoms with E-state index < -0.39 is 0 Å². The average Bonchev–Trinajstić information content (AvgIpc) is 3.09. The number of rotatable bonds is 5. The van der Waals surface area contributed by atoms with E-state index in [-0.39, 0.29) is 24.6 Å². The molecule has 0 saturated carbocycles. The SMILES string of the molecule is Cc1nccc(OC2CCCN(C(=O)CN3CCN(c4ccc(Cl)cc4)C3=O)C2)n1. The fraction of sp³-hybridized carbons (Fsp3) is 0.429. The zero-order valence-electron chi connectivity index (χ0n) is 16.8. The van der Waals surface area contributed by atoms with Gasteiger partial charge in [0.15, 0.2) is 0 Å². The van der Waals surface area contributed by atoms with Crippen LogP contribution in [-0.4, -0.2) is 70.5 Å². The summed E-state index contributed by atoms with van der Waals surface area (Å²) in [5, 5.41) is 0.622. The molecule has 4 rings (SSSR count). The zero-order valence-corrected chi connectivity index (χ0v) is 17.6. The first-order valence-corrected chi connectivity index (χ1v) is 10.4. The first-order valence-electron chi connectivity index (χ1n) is 10.1. The molecule has 1 aromatic heterocycles. The van der Waals surface area contributed by atoms with Crippen LogP contribution in [0.4, 0.5) is 10.5 Å². The fourth-order valence-electron chi connectivity index (χ4n) is 3.79. The Morgan fingerprint density at radius 1 is 1.20 bits per heavy atom. The molecule has 2 aromatic rings. The highest BCUT2D eigenvalue weighted by Gasteiger charge is 2.33. The number of likely N-dealkylation sites (tertiary alicyclic amines) is 1. The molecule has 1 aromatic carbocycles. The molecule has 0 bridgehead atoms. The van der Waals surface area contributed by atoms with Gasteiger partial charge in [-0.25, -0.2) is 9.78 Å². The number of benzene rings is 1. The van der Waals surface area contributed by atoms with Gasteiger partial charge in [0.25, 0.3) is 0 Å². The van der Waals surface area contributed by atoms with Crippen LogP contribution in [0.5, 0.6) is 5.88 Å². The third-order valence-electron chi connectivity index (χ3n) is 5.33. The van der Waals surface area contributed by atoms with Crippen LogP contribution in [0.2, 0.25) is 5.02 Å². The smallest absolute Gasteiger partial charge is 0.325 e. The molecular weight excluding hydrogens is 406 g/mol. The Hall–Kier alpha value is -2.87. The van der Waals surface area contributed by atoms with Gasteiger partial charge in [0.05, 0.1) is 6.54 Å². The number of carbonyl (C=O) groups is 2. The number of amides is 3. The number of piperidine rings is 1. The molecule has 158 valence electrons. The van der Waals surface area contributed by atoms with Crippen molar-refractivity contribution in [3.8, 4) is 5.88 Å². The van der Waals surface area contributed by atoms with Crippen molar-refractivity contribution in [2.45, 2.75) is 25.9 Å². The number of halogens is 1. The second-order valence-electron chi connectivity index (χ2n) is 7.50. The fourth-order valence-corrected chi connectivity index (χ4v) is 3.91. The molecule has 2 fully saturated rings. The normalized spacial score (nSPS) is 19.3. The minimum absolute atomic E-state index is 0.0616. The van der Waals surface area contributed by atoms with Gasteiger partial charge in [0.1, 0.15) is 18.5 Å². The Morgan fingerprint density at radius 3 is 2.77 bits per heavy atom. The molecular formula is C21H24ClN5O3. The Morgan fingerprint density at radius 2 is 2.00 bits per heavy atom. The molecule has 3 heterocycles. The lowest BCUT2D eigenvalue weighted by Crippen LogP contribution is -2.48. The molecule has 30 heavy (non-hydrogen) atoms. The Kier molecular flexibility index (Phi) is 6.03. The van der Waals surface area contributed by atoms with E-state index in [0.29, 0.717) is 42.9 Å². The summed E-state index contributed by atoms with van der Waals surface area (Å²) in [6.07, 6.45) is 3.26. The van der Waals surface area contributed by atoms with Crippen LogP contribution in [0.3, 0.4) is 0 Å². The van der Waals surface area contributed by atoms with Crippen LogP contribution >= 0.6 is 11.6 Å². The number of hydrogen-bond acceptors (Lipinski definition) is 5. The van der Waals surface area contributed by atoms with E-state index in [4.69, 9.17) is 16.3 Å². The van der Waals surface area contributed by atoms with E-state index in [9.17, 15) is 9.59 Å².